The van der Waals surface area contributed by atoms with E-state index < -0.39 is 11.6 Å². The van der Waals surface area contributed by atoms with Crippen molar-refractivity contribution >= 4 is 43.3 Å². The molecule has 3 rings (SSSR count). The van der Waals surface area contributed by atoms with Crippen LogP contribution >= 0.6 is 31.9 Å². The first-order valence-electron chi connectivity index (χ1n) is 6.29. The van der Waals surface area contributed by atoms with E-state index in [-0.39, 0.29) is 17.9 Å². The average Bonchev–Trinajstić information content (AvgIpc) is 2.88. The molecule has 0 aromatic carbocycles. The Kier molecular flexibility index (Phi) is 3.90. The van der Waals surface area contributed by atoms with Crippen LogP contribution in [0.4, 0.5) is 14.6 Å². The van der Waals surface area contributed by atoms with Crippen molar-refractivity contribution in [3.05, 3.63) is 56.0 Å². The summed E-state index contributed by atoms with van der Waals surface area (Å²) in [4.78, 5) is 7.96. The van der Waals surface area contributed by atoms with Gasteiger partial charge >= 0.3 is 0 Å². The van der Waals surface area contributed by atoms with Crippen LogP contribution in [0.3, 0.4) is 0 Å². The minimum atomic E-state index is -0.593. The Morgan fingerprint density at radius 3 is 2.64 bits per heavy atom. The van der Waals surface area contributed by atoms with E-state index in [0.717, 1.165) is 0 Å². The molecule has 3 heterocycles. The summed E-state index contributed by atoms with van der Waals surface area (Å²) in [5.41, 5.74) is 7.03. The second-order valence-corrected chi connectivity index (χ2v) is 6.55. The number of halogens is 4. The summed E-state index contributed by atoms with van der Waals surface area (Å²) < 4.78 is 31.0. The molecule has 0 aliphatic heterocycles. The first kappa shape index (κ1) is 15.4. The summed E-state index contributed by atoms with van der Waals surface area (Å²) in [5, 5.41) is 0. The molecule has 22 heavy (non-hydrogen) atoms. The van der Waals surface area contributed by atoms with E-state index in [0.29, 0.717) is 25.8 Å². The van der Waals surface area contributed by atoms with E-state index >= 15 is 0 Å². The van der Waals surface area contributed by atoms with Crippen LogP contribution in [0, 0.1) is 18.6 Å². The molecule has 3 aromatic rings. The normalized spacial score (nSPS) is 11.3. The van der Waals surface area contributed by atoms with Gasteiger partial charge in [0.2, 0.25) is 0 Å². The van der Waals surface area contributed by atoms with Crippen molar-refractivity contribution in [1.82, 2.24) is 14.4 Å². The molecular weight excluding hydrogens is 422 g/mol. The summed E-state index contributed by atoms with van der Waals surface area (Å²) in [7, 11) is 0. The van der Waals surface area contributed by atoms with Gasteiger partial charge < -0.3 is 10.1 Å². The number of rotatable bonds is 2. The minimum absolute atomic E-state index is 0.174. The topological polar surface area (TPSA) is 56.2 Å². The number of pyridine rings is 2. The molecule has 0 atom stereocenters. The molecular formula is C14H10Br2F2N4. The number of fused-ring (bicyclic) bond motifs is 1. The summed E-state index contributed by atoms with van der Waals surface area (Å²) in [6.45, 7) is 1.66. The van der Waals surface area contributed by atoms with Gasteiger partial charge in [0.25, 0.3) is 0 Å². The maximum atomic E-state index is 14.2. The number of nitrogens with two attached hydrogens (primary N) is 1. The Morgan fingerprint density at radius 2 is 1.91 bits per heavy atom. The molecule has 0 aliphatic carbocycles. The largest absolute Gasteiger partial charge is 0.381 e. The highest BCUT2D eigenvalue weighted by molar-refractivity contribution is 9.10. The lowest BCUT2D eigenvalue weighted by molar-refractivity contribution is 0.611. The zero-order chi connectivity index (χ0) is 16.0. The Hall–Kier alpha value is -1.54. The first-order chi connectivity index (χ1) is 10.4. The number of imidazole rings is 1. The Morgan fingerprint density at radius 1 is 1.18 bits per heavy atom. The molecule has 0 saturated heterocycles. The van der Waals surface area contributed by atoms with E-state index in [2.05, 4.69) is 41.8 Å². The van der Waals surface area contributed by atoms with Crippen molar-refractivity contribution in [3.63, 3.8) is 0 Å². The fourth-order valence-electron chi connectivity index (χ4n) is 2.15. The highest BCUT2D eigenvalue weighted by atomic mass is 79.9. The maximum Gasteiger partial charge on any atom is 0.173 e. The third-order valence-electron chi connectivity index (χ3n) is 3.37. The monoisotopic (exact) mass is 430 g/mol. The van der Waals surface area contributed by atoms with Gasteiger partial charge in [0.15, 0.2) is 23.1 Å². The minimum Gasteiger partial charge on any atom is -0.381 e. The number of hydrogen-bond donors (Lipinski definition) is 1. The van der Waals surface area contributed by atoms with Crippen molar-refractivity contribution < 1.29 is 8.78 Å². The van der Waals surface area contributed by atoms with Crippen molar-refractivity contribution in [2.24, 2.45) is 0 Å². The Bertz CT molecular complexity index is 892. The smallest absolute Gasteiger partial charge is 0.173 e. The van der Waals surface area contributed by atoms with Gasteiger partial charge in [-0.3, -0.25) is 0 Å². The summed E-state index contributed by atoms with van der Waals surface area (Å²) in [6.07, 6.45) is 4.99. The summed E-state index contributed by atoms with van der Waals surface area (Å²) in [6, 6.07) is 0. The number of hydrogen-bond acceptors (Lipinski definition) is 3. The lowest BCUT2D eigenvalue weighted by Gasteiger charge is -2.05. The van der Waals surface area contributed by atoms with Crippen molar-refractivity contribution in [2.75, 3.05) is 5.73 Å². The van der Waals surface area contributed by atoms with Crippen LogP contribution in [0.5, 0.6) is 0 Å². The third kappa shape index (κ3) is 2.50. The van der Waals surface area contributed by atoms with Gasteiger partial charge in [-0.2, -0.15) is 0 Å². The molecule has 0 unspecified atom stereocenters. The lowest BCUT2D eigenvalue weighted by Crippen LogP contribution is -2.02. The van der Waals surface area contributed by atoms with E-state index in [9.17, 15) is 8.78 Å². The van der Waals surface area contributed by atoms with Crippen LogP contribution < -0.4 is 5.73 Å². The molecule has 0 bridgehead atoms. The highest BCUT2D eigenvalue weighted by Crippen LogP contribution is 2.26. The standard InChI is InChI=1S/C14H10Br2F2N4/c1-6-10(16)5-22-4-7(21-14(22)11(6)17)2-8-9(15)3-20-13(19)12(8)18/h3-5H,2H2,1H3,(H2,19,20). The van der Waals surface area contributed by atoms with Gasteiger partial charge in [-0.05, 0) is 38.8 Å². The quantitative estimate of drug-likeness (QED) is 0.666. The van der Waals surface area contributed by atoms with E-state index in [4.69, 9.17) is 5.73 Å². The molecule has 0 saturated carbocycles. The van der Waals surface area contributed by atoms with Gasteiger partial charge in [-0.1, -0.05) is 0 Å². The highest BCUT2D eigenvalue weighted by Gasteiger charge is 2.16. The number of nitrogens with zero attached hydrogens (tertiary/aromatic N) is 3. The van der Waals surface area contributed by atoms with E-state index in [1.807, 2.05) is 0 Å². The number of nitrogen functional groups attached to an aromatic ring is 1. The Balaban J connectivity index is 2.09. The third-order valence-corrected chi connectivity index (χ3v) is 4.85. The van der Waals surface area contributed by atoms with Gasteiger partial charge in [0, 0.05) is 45.1 Å². The van der Waals surface area contributed by atoms with Crippen LogP contribution in [0.25, 0.3) is 5.65 Å². The molecule has 0 radical (unpaired) electrons. The number of aromatic nitrogens is 3. The summed E-state index contributed by atoms with van der Waals surface area (Å²) >= 11 is 6.54. The molecule has 0 amide bonds. The van der Waals surface area contributed by atoms with Crippen LogP contribution in [0.2, 0.25) is 0 Å². The molecule has 0 fully saturated rings. The van der Waals surface area contributed by atoms with Crippen molar-refractivity contribution in [3.8, 4) is 0 Å². The van der Waals surface area contributed by atoms with Gasteiger partial charge in [0.1, 0.15) is 0 Å². The Labute approximate surface area is 141 Å². The molecule has 8 heteroatoms. The fraction of sp³-hybridized carbons (Fsp3) is 0.143. The predicted molar refractivity (Wildman–Crippen MR) is 86.7 cm³/mol. The van der Waals surface area contributed by atoms with E-state index in [1.54, 1.807) is 23.7 Å². The fourth-order valence-corrected chi connectivity index (χ4v) is 2.96. The molecule has 4 nitrogen and oxygen atoms in total. The first-order valence-corrected chi connectivity index (χ1v) is 7.87. The van der Waals surface area contributed by atoms with Crippen molar-refractivity contribution in [1.29, 1.82) is 0 Å². The van der Waals surface area contributed by atoms with Gasteiger partial charge in [0.05, 0.1) is 5.69 Å². The second kappa shape index (κ2) is 5.58. The maximum absolute atomic E-state index is 14.2. The van der Waals surface area contributed by atoms with E-state index in [1.165, 1.54) is 6.20 Å². The predicted octanol–water partition coefficient (Wildman–Crippen LogP) is 4.01. The summed E-state index contributed by atoms with van der Waals surface area (Å²) in [5.74, 6) is -1.18. The molecule has 114 valence electrons. The molecule has 3 aromatic heterocycles. The molecule has 2 N–H and O–H groups in total. The van der Waals surface area contributed by atoms with Crippen LogP contribution in [-0.2, 0) is 6.42 Å². The lowest BCUT2D eigenvalue weighted by atomic mass is 10.1. The zero-order valence-corrected chi connectivity index (χ0v) is 14.5. The molecule has 0 aliphatic rings. The average molecular weight is 432 g/mol. The van der Waals surface area contributed by atoms with Crippen LogP contribution in [-0.4, -0.2) is 14.4 Å². The van der Waals surface area contributed by atoms with Gasteiger partial charge in [-0.15, -0.1) is 0 Å². The molecule has 0 spiro atoms. The van der Waals surface area contributed by atoms with Crippen molar-refractivity contribution in [2.45, 2.75) is 13.3 Å². The zero-order valence-electron chi connectivity index (χ0n) is 11.4. The van der Waals surface area contributed by atoms with Crippen LogP contribution in [0.15, 0.2) is 27.5 Å². The van der Waals surface area contributed by atoms with Crippen LogP contribution in [0.1, 0.15) is 16.8 Å². The SMILES string of the molecule is Cc1c(Br)cn2cc(Cc3c(Br)cnc(N)c3F)nc2c1F. The van der Waals surface area contributed by atoms with Gasteiger partial charge in [-0.25, -0.2) is 18.7 Å². The second-order valence-electron chi connectivity index (χ2n) is 4.84. The number of anilines is 1.